The third-order valence-electron chi connectivity index (χ3n) is 3.88. The van der Waals surface area contributed by atoms with E-state index in [1.807, 2.05) is 12.1 Å². The Morgan fingerprint density at radius 3 is 2.79 bits per heavy atom. The lowest BCUT2D eigenvalue weighted by Crippen LogP contribution is -2.37. The topological polar surface area (TPSA) is 54.6 Å². The molecule has 1 unspecified atom stereocenters. The van der Waals surface area contributed by atoms with Crippen LogP contribution in [0.25, 0.3) is 0 Å². The summed E-state index contributed by atoms with van der Waals surface area (Å²) in [6, 6.07) is 4.47. The van der Waals surface area contributed by atoms with Crippen molar-refractivity contribution in [1.82, 2.24) is 9.88 Å². The average Bonchev–Trinajstić information content (AvgIpc) is 2.90. The number of ether oxygens (including phenoxy) is 1. The van der Waals surface area contributed by atoms with Crippen LogP contribution in [0.1, 0.15) is 20.3 Å². The third-order valence-corrected chi connectivity index (χ3v) is 3.88. The number of rotatable bonds is 5. The third kappa shape index (κ3) is 2.92. The highest BCUT2D eigenvalue weighted by Gasteiger charge is 2.27. The van der Waals surface area contributed by atoms with Crippen molar-refractivity contribution < 1.29 is 4.74 Å². The van der Waals surface area contributed by atoms with Crippen LogP contribution in [0.3, 0.4) is 0 Å². The minimum atomic E-state index is 0.517. The summed E-state index contributed by atoms with van der Waals surface area (Å²) in [5.74, 6) is 1.48. The molecule has 0 saturated carbocycles. The fourth-order valence-corrected chi connectivity index (χ4v) is 2.77. The zero-order chi connectivity index (χ0) is 13.8. The number of nitrogens with two attached hydrogens (primary N) is 1. The number of nitrogen functional groups attached to an aromatic ring is 1. The molecule has 0 aromatic carbocycles. The van der Waals surface area contributed by atoms with Crippen LogP contribution in [-0.2, 0) is 0 Å². The lowest BCUT2D eigenvalue weighted by molar-refractivity contribution is 0.232. The number of likely N-dealkylation sites (N-methyl/N-ethyl adjacent to an activating group) is 1. The molecule has 0 aliphatic carbocycles. The predicted molar refractivity (Wildman–Crippen MR) is 78.7 cm³/mol. The summed E-state index contributed by atoms with van der Waals surface area (Å²) in [5, 5.41) is 0. The van der Waals surface area contributed by atoms with Gasteiger partial charge < -0.3 is 15.4 Å². The minimum Gasteiger partial charge on any atom is -0.479 e. The molecular formula is C14H24N4O. The molecule has 0 amide bonds. The van der Waals surface area contributed by atoms with Crippen LogP contribution in [0.15, 0.2) is 12.1 Å². The van der Waals surface area contributed by atoms with Crippen LogP contribution < -0.4 is 15.4 Å². The van der Waals surface area contributed by atoms with Crippen molar-refractivity contribution in [1.29, 1.82) is 0 Å². The SMILES string of the molecule is CCN(CC)C1CCN(c2ccc(N)c(OC)n2)C1. The molecule has 0 radical (unpaired) electrons. The van der Waals surface area contributed by atoms with Crippen molar-refractivity contribution in [2.75, 3.05) is 43.9 Å². The molecular weight excluding hydrogens is 240 g/mol. The van der Waals surface area contributed by atoms with Crippen molar-refractivity contribution >= 4 is 11.5 Å². The maximum absolute atomic E-state index is 5.80. The first-order valence-corrected chi connectivity index (χ1v) is 6.99. The summed E-state index contributed by atoms with van der Waals surface area (Å²) >= 11 is 0. The summed E-state index contributed by atoms with van der Waals surface area (Å²) in [6.07, 6.45) is 1.19. The van der Waals surface area contributed by atoms with Gasteiger partial charge in [-0.05, 0) is 31.6 Å². The molecule has 1 aliphatic rings. The van der Waals surface area contributed by atoms with E-state index in [1.54, 1.807) is 7.11 Å². The molecule has 5 nitrogen and oxygen atoms in total. The van der Waals surface area contributed by atoms with Crippen molar-refractivity contribution in [3.63, 3.8) is 0 Å². The van der Waals surface area contributed by atoms with E-state index in [1.165, 1.54) is 6.42 Å². The van der Waals surface area contributed by atoms with Gasteiger partial charge in [-0.2, -0.15) is 4.98 Å². The summed E-state index contributed by atoms with van der Waals surface area (Å²) in [5.41, 5.74) is 6.39. The Morgan fingerprint density at radius 2 is 2.16 bits per heavy atom. The summed E-state index contributed by atoms with van der Waals surface area (Å²) in [6.45, 7) is 8.72. The van der Waals surface area contributed by atoms with Gasteiger partial charge >= 0.3 is 0 Å². The quantitative estimate of drug-likeness (QED) is 0.875. The van der Waals surface area contributed by atoms with Crippen molar-refractivity contribution in [3.05, 3.63) is 12.1 Å². The van der Waals surface area contributed by atoms with Crippen LogP contribution in [0.4, 0.5) is 11.5 Å². The zero-order valence-electron chi connectivity index (χ0n) is 12.1. The largest absolute Gasteiger partial charge is 0.479 e. The normalized spacial score (nSPS) is 19.2. The number of aromatic nitrogens is 1. The van der Waals surface area contributed by atoms with Gasteiger partial charge in [0.25, 0.3) is 0 Å². The molecule has 1 saturated heterocycles. The van der Waals surface area contributed by atoms with Crippen LogP contribution in [0, 0.1) is 0 Å². The summed E-state index contributed by atoms with van der Waals surface area (Å²) in [4.78, 5) is 9.30. The number of methoxy groups -OCH3 is 1. The van der Waals surface area contributed by atoms with E-state index in [2.05, 4.69) is 28.6 Å². The Labute approximate surface area is 115 Å². The highest BCUT2D eigenvalue weighted by Crippen LogP contribution is 2.26. The Balaban J connectivity index is 2.08. The molecule has 19 heavy (non-hydrogen) atoms. The molecule has 2 heterocycles. The lowest BCUT2D eigenvalue weighted by Gasteiger charge is -2.26. The van der Waals surface area contributed by atoms with Gasteiger partial charge in [-0.1, -0.05) is 13.8 Å². The van der Waals surface area contributed by atoms with E-state index >= 15 is 0 Å². The molecule has 1 aliphatic heterocycles. The van der Waals surface area contributed by atoms with Gasteiger partial charge in [-0.25, -0.2) is 0 Å². The van der Waals surface area contributed by atoms with Gasteiger partial charge in [0.1, 0.15) is 5.82 Å². The first kappa shape index (κ1) is 13.9. The second kappa shape index (κ2) is 6.10. The standard InChI is InChI=1S/C14H24N4O/c1-4-17(5-2)11-8-9-18(10-11)13-7-6-12(15)14(16-13)19-3/h6-7,11H,4-5,8-10,15H2,1-3H3. The Morgan fingerprint density at radius 1 is 1.42 bits per heavy atom. The van der Waals surface area contributed by atoms with Gasteiger partial charge in [-0.3, -0.25) is 4.90 Å². The summed E-state index contributed by atoms with van der Waals surface area (Å²) in [7, 11) is 1.60. The van der Waals surface area contributed by atoms with E-state index in [4.69, 9.17) is 10.5 Å². The monoisotopic (exact) mass is 264 g/mol. The molecule has 106 valence electrons. The molecule has 1 atom stereocenters. The number of hydrogen-bond donors (Lipinski definition) is 1. The Bertz CT molecular complexity index is 420. The highest BCUT2D eigenvalue weighted by atomic mass is 16.5. The molecule has 1 aromatic rings. The fraction of sp³-hybridized carbons (Fsp3) is 0.643. The Hall–Kier alpha value is -1.49. The lowest BCUT2D eigenvalue weighted by atomic mass is 10.2. The van der Waals surface area contributed by atoms with E-state index in [0.29, 0.717) is 17.6 Å². The molecule has 0 spiro atoms. The number of hydrogen-bond acceptors (Lipinski definition) is 5. The Kier molecular flexibility index (Phi) is 4.47. The van der Waals surface area contributed by atoms with Crippen LogP contribution in [0.2, 0.25) is 0 Å². The van der Waals surface area contributed by atoms with Gasteiger partial charge in [0.05, 0.1) is 12.8 Å². The van der Waals surface area contributed by atoms with Gasteiger partial charge in [0, 0.05) is 19.1 Å². The van der Waals surface area contributed by atoms with Crippen molar-refractivity contribution in [2.45, 2.75) is 26.3 Å². The zero-order valence-corrected chi connectivity index (χ0v) is 12.1. The molecule has 0 bridgehead atoms. The average molecular weight is 264 g/mol. The first-order valence-electron chi connectivity index (χ1n) is 6.99. The second-order valence-corrected chi connectivity index (χ2v) is 4.88. The number of pyridine rings is 1. The minimum absolute atomic E-state index is 0.517. The summed E-state index contributed by atoms with van der Waals surface area (Å²) < 4.78 is 5.19. The van der Waals surface area contributed by atoms with E-state index in [-0.39, 0.29) is 0 Å². The molecule has 2 N–H and O–H groups in total. The van der Waals surface area contributed by atoms with Crippen molar-refractivity contribution in [3.8, 4) is 5.88 Å². The van der Waals surface area contributed by atoms with E-state index in [9.17, 15) is 0 Å². The fourth-order valence-electron chi connectivity index (χ4n) is 2.77. The highest BCUT2D eigenvalue weighted by molar-refractivity contribution is 5.55. The van der Waals surface area contributed by atoms with Gasteiger partial charge in [-0.15, -0.1) is 0 Å². The molecule has 1 fully saturated rings. The molecule has 5 heteroatoms. The predicted octanol–water partition coefficient (Wildman–Crippen LogP) is 1.59. The van der Waals surface area contributed by atoms with Crippen LogP contribution >= 0.6 is 0 Å². The van der Waals surface area contributed by atoms with E-state index in [0.717, 1.165) is 32.0 Å². The molecule has 1 aromatic heterocycles. The number of anilines is 2. The maximum Gasteiger partial charge on any atom is 0.238 e. The maximum atomic E-state index is 5.80. The number of nitrogens with zero attached hydrogens (tertiary/aromatic N) is 3. The first-order chi connectivity index (χ1) is 9.19. The van der Waals surface area contributed by atoms with Gasteiger partial charge in [0.2, 0.25) is 5.88 Å². The van der Waals surface area contributed by atoms with Crippen LogP contribution in [0.5, 0.6) is 5.88 Å². The van der Waals surface area contributed by atoms with E-state index < -0.39 is 0 Å². The molecule has 2 rings (SSSR count). The van der Waals surface area contributed by atoms with Crippen LogP contribution in [-0.4, -0.2) is 49.2 Å². The van der Waals surface area contributed by atoms with Gasteiger partial charge in [0.15, 0.2) is 0 Å². The second-order valence-electron chi connectivity index (χ2n) is 4.88. The van der Waals surface area contributed by atoms with Crippen molar-refractivity contribution in [2.24, 2.45) is 0 Å². The smallest absolute Gasteiger partial charge is 0.238 e.